The third kappa shape index (κ3) is 4.04. The van der Waals surface area contributed by atoms with E-state index in [2.05, 4.69) is 5.32 Å². The van der Waals surface area contributed by atoms with Crippen LogP contribution < -0.4 is 5.32 Å². The average Bonchev–Trinajstić information content (AvgIpc) is 2.12. The summed E-state index contributed by atoms with van der Waals surface area (Å²) in [4.78, 5) is 10.5. The van der Waals surface area contributed by atoms with Crippen LogP contribution >= 0.6 is 0 Å². The van der Waals surface area contributed by atoms with E-state index in [1.807, 2.05) is 13.8 Å². The summed E-state index contributed by atoms with van der Waals surface area (Å²) in [6, 6.07) is -0.0363. The molecule has 0 aromatic carbocycles. The molecule has 0 spiro atoms. The topological polar surface area (TPSA) is 89.8 Å². The summed E-state index contributed by atoms with van der Waals surface area (Å²) in [7, 11) is 0. The number of hydrogen-bond acceptors (Lipinski definition) is 4. The number of carboxylic acids is 1. The van der Waals surface area contributed by atoms with E-state index in [1.54, 1.807) is 0 Å². The zero-order valence-corrected chi connectivity index (χ0v) is 8.82. The van der Waals surface area contributed by atoms with E-state index in [0.29, 0.717) is 0 Å². The summed E-state index contributed by atoms with van der Waals surface area (Å²) in [5.74, 6) is -1.23. The van der Waals surface area contributed by atoms with Gasteiger partial charge in [0, 0.05) is 19.2 Å². The van der Waals surface area contributed by atoms with E-state index >= 15 is 0 Å². The van der Waals surface area contributed by atoms with Gasteiger partial charge in [-0.05, 0) is 19.8 Å². The molecule has 0 bridgehead atoms. The Hall–Kier alpha value is -0.650. The number of aliphatic carboxylic acids is 1. The van der Waals surface area contributed by atoms with Crippen molar-refractivity contribution in [2.24, 2.45) is 5.92 Å². The maximum Gasteiger partial charge on any atom is 0.336 e. The highest BCUT2D eigenvalue weighted by Crippen LogP contribution is 2.05. The van der Waals surface area contributed by atoms with Gasteiger partial charge in [-0.15, -0.1) is 0 Å². The van der Waals surface area contributed by atoms with E-state index < -0.39 is 11.6 Å². The molecule has 0 heterocycles. The van der Waals surface area contributed by atoms with E-state index in [9.17, 15) is 9.90 Å². The highest BCUT2D eigenvalue weighted by Gasteiger charge is 2.30. The lowest BCUT2D eigenvalue weighted by Crippen LogP contribution is -2.48. The normalized spacial score (nSPS) is 19.8. The lowest BCUT2D eigenvalue weighted by molar-refractivity contribution is -0.156. The molecule has 4 N–H and O–H groups in total. The van der Waals surface area contributed by atoms with Crippen molar-refractivity contribution in [2.75, 3.05) is 13.2 Å². The van der Waals surface area contributed by atoms with Crippen LogP contribution in [0.3, 0.4) is 0 Å². The largest absolute Gasteiger partial charge is 0.479 e. The second kappa shape index (κ2) is 5.29. The van der Waals surface area contributed by atoms with Crippen LogP contribution in [0.2, 0.25) is 0 Å². The lowest BCUT2D eigenvalue weighted by Gasteiger charge is -2.24. The van der Waals surface area contributed by atoms with Crippen molar-refractivity contribution in [2.45, 2.75) is 32.4 Å². The number of carboxylic acid groups (broad SMARTS) is 1. The third-order valence-corrected chi connectivity index (χ3v) is 2.37. The second-order valence-electron chi connectivity index (χ2n) is 3.91. The molecular weight excluding hydrogens is 186 g/mol. The molecule has 3 atom stereocenters. The lowest BCUT2D eigenvalue weighted by atomic mass is 10.0. The number of aliphatic hydroxyl groups excluding tert-OH is 1. The van der Waals surface area contributed by atoms with Crippen LogP contribution in [0.4, 0.5) is 0 Å². The van der Waals surface area contributed by atoms with Gasteiger partial charge >= 0.3 is 5.97 Å². The Morgan fingerprint density at radius 3 is 2.36 bits per heavy atom. The van der Waals surface area contributed by atoms with Gasteiger partial charge in [-0.2, -0.15) is 0 Å². The predicted octanol–water partition coefficient (Wildman–Crippen LogP) is -0.571. The van der Waals surface area contributed by atoms with Crippen LogP contribution in [-0.4, -0.2) is 46.1 Å². The van der Waals surface area contributed by atoms with Crippen LogP contribution in [0.15, 0.2) is 0 Å². The molecule has 0 aliphatic heterocycles. The summed E-state index contributed by atoms with van der Waals surface area (Å²) >= 11 is 0. The Bertz CT molecular complexity index is 193. The molecule has 0 radical (unpaired) electrons. The van der Waals surface area contributed by atoms with Gasteiger partial charge in [-0.25, -0.2) is 4.79 Å². The molecule has 3 unspecified atom stereocenters. The molecule has 0 saturated heterocycles. The number of rotatable bonds is 6. The molecule has 5 nitrogen and oxygen atoms in total. The predicted molar refractivity (Wildman–Crippen MR) is 52.0 cm³/mol. The van der Waals surface area contributed by atoms with Crippen LogP contribution in [0.25, 0.3) is 0 Å². The SMILES string of the molecule is CC(CO)C(C)NCC(C)(O)C(=O)O. The first-order valence-corrected chi connectivity index (χ1v) is 4.61. The van der Waals surface area contributed by atoms with Crippen molar-refractivity contribution in [3.8, 4) is 0 Å². The highest BCUT2D eigenvalue weighted by molar-refractivity contribution is 5.76. The Kier molecular flexibility index (Phi) is 5.04. The summed E-state index contributed by atoms with van der Waals surface area (Å²) in [6.45, 7) is 4.90. The second-order valence-corrected chi connectivity index (χ2v) is 3.91. The minimum Gasteiger partial charge on any atom is -0.479 e. The highest BCUT2D eigenvalue weighted by atomic mass is 16.4. The molecule has 0 aliphatic carbocycles. The Morgan fingerprint density at radius 1 is 1.50 bits per heavy atom. The summed E-state index contributed by atoms with van der Waals surface area (Å²) < 4.78 is 0. The van der Waals surface area contributed by atoms with Gasteiger partial charge in [0.05, 0.1) is 0 Å². The van der Waals surface area contributed by atoms with Crippen molar-refractivity contribution in [3.63, 3.8) is 0 Å². The van der Waals surface area contributed by atoms with Crippen molar-refractivity contribution < 1.29 is 20.1 Å². The van der Waals surface area contributed by atoms with Gasteiger partial charge in [-0.1, -0.05) is 6.92 Å². The minimum absolute atomic E-state index is 0.0274. The zero-order chi connectivity index (χ0) is 11.4. The first-order valence-electron chi connectivity index (χ1n) is 4.61. The molecule has 0 aromatic heterocycles. The average molecular weight is 205 g/mol. The van der Waals surface area contributed by atoms with Crippen molar-refractivity contribution in [1.82, 2.24) is 5.32 Å². The van der Waals surface area contributed by atoms with Gasteiger partial charge in [-0.3, -0.25) is 0 Å². The molecule has 5 heteroatoms. The molecule has 0 fully saturated rings. The van der Waals surface area contributed by atoms with E-state index in [1.165, 1.54) is 6.92 Å². The smallest absolute Gasteiger partial charge is 0.336 e. The van der Waals surface area contributed by atoms with Gasteiger partial charge < -0.3 is 20.6 Å². The fourth-order valence-electron chi connectivity index (χ4n) is 0.795. The summed E-state index contributed by atoms with van der Waals surface area (Å²) in [6.07, 6.45) is 0. The Balaban J connectivity index is 3.99. The van der Waals surface area contributed by atoms with E-state index in [4.69, 9.17) is 10.2 Å². The number of nitrogens with one attached hydrogen (secondary N) is 1. The molecule has 84 valence electrons. The molecule has 0 rings (SSSR count). The zero-order valence-electron chi connectivity index (χ0n) is 8.82. The van der Waals surface area contributed by atoms with Crippen LogP contribution in [0, 0.1) is 5.92 Å². The van der Waals surface area contributed by atoms with Gasteiger partial charge in [0.2, 0.25) is 0 Å². The maximum absolute atomic E-state index is 10.5. The van der Waals surface area contributed by atoms with Crippen molar-refractivity contribution in [1.29, 1.82) is 0 Å². The van der Waals surface area contributed by atoms with Crippen LogP contribution in [0.1, 0.15) is 20.8 Å². The minimum atomic E-state index is -1.76. The quantitative estimate of drug-likeness (QED) is 0.466. The van der Waals surface area contributed by atoms with Crippen molar-refractivity contribution >= 4 is 5.97 Å². The molecule has 0 aliphatic rings. The number of carbonyl (C=O) groups is 1. The Morgan fingerprint density at radius 2 is 2.00 bits per heavy atom. The molecule has 0 amide bonds. The van der Waals surface area contributed by atoms with Gasteiger partial charge in [0.25, 0.3) is 0 Å². The van der Waals surface area contributed by atoms with Gasteiger partial charge in [0.1, 0.15) is 0 Å². The molecule has 0 aromatic rings. The monoisotopic (exact) mass is 205 g/mol. The third-order valence-electron chi connectivity index (χ3n) is 2.37. The molecule has 14 heavy (non-hydrogen) atoms. The van der Waals surface area contributed by atoms with Gasteiger partial charge in [0.15, 0.2) is 5.60 Å². The first kappa shape index (κ1) is 13.4. The maximum atomic E-state index is 10.5. The fourth-order valence-corrected chi connectivity index (χ4v) is 0.795. The molecular formula is C9H19NO4. The van der Waals surface area contributed by atoms with E-state index in [-0.39, 0.29) is 25.1 Å². The number of hydrogen-bond donors (Lipinski definition) is 4. The summed E-state index contributed by atoms with van der Waals surface area (Å²) in [5.41, 5.74) is -1.76. The fraction of sp³-hybridized carbons (Fsp3) is 0.889. The summed E-state index contributed by atoms with van der Waals surface area (Å²) in [5, 5.41) is 29.7. The number of aliphatic hydroxyl groups is 2. The molecule has 0 saturated carbocycles. The first-order chi connectivity index (χ1) is 6.31. The standard InChI is InChI=1S/C9H19NO4/c1-6(4-11)7(2)10-5-9(3,14)8(12)13/h6-7,10-11,14H,4-5H2,1-3H3,(H,12,13). The van der Waals surface area contributed by atoms with Crippen LogP contribution in [0.5, 0.6) is 0 Å². The Labute approximate surface area is 83.8 Å². The van der Waals surface area contributed by atoms with Crippen molar-refractivity contribution in [3.05, 3.63) is 0 Å². The van der Waals surface area contributed by atoms with Crippen LogP contribution in [-0.2, 0) is 4.79 Å². The van der Waals surface area contributed by atoms with E-state index in [0.717, 1.165) is 0 Å².